The lowest BCUT2D eigenvalue weighted by Gasteiger charge is -2.18. The first-order valence-electron chi connectivity index (χ1n) is 7.29. The Kier molecular flexibility index (Phi) is 4.38. The Morgan fingerprint density at radius 1 is 0.957 bits per heavy atom. The van der Waals surface area contributed by atoms with E-state index in [4.69, 9.17) is 5.73 Å². The van der Waals surface area contributed by atoms with Crippen molar-refractivity contribution in [3.8, 4) is 0 Å². The van der Waals surface area contributed by atoms with E-state index < -0.39 is 5.91 Å². The van der Waals surface area contributed by atoms with Gasteiger partial charge in [-0.05, 0) is 41.3 Å². The van der Waals surface area contributed by atoms with Crippen LogP contribution in [-0.4, -0.2) is 20.9 Å². The second-order valence-corrected chi connectivity index (χ2v) is 5.20. The third-order valence-electron chi connectivity index (χ3n) is 3.72. The average Bonchev–Trinajstić information content (AvgIpc) is 2.61. The zero-order valence-corrected chi connectivity index (χ0v) is 12.5. The molecule has 0 spiro atoms. The summed E-state index contributed by atoms with van der Waals surface area (Å²) in [6, 6.07) is 11.5. The van der Waals surface area contributed by atoms with Crippen LogP contribution in [0, 0.1) is 0 Å². The van der Waals surface area contributed by atoms with E-state index in [1.54, 1.807) is 18.6 Å². The largest absolute Gasteiger partial charge is 0.364 e. The Hall–Kier alpha value is -3.08. The predicted molar refractivity (Wildman–Crippen MR) is 86.8 cm³/mol. The number of carbonyl (C=O) groups excluding carboxylic acids is 1. The van der Waals surface area contributed by atoms with Gasteiger partial charge in [-0.1, -0.05) is 18.2 Å². The summed E-state index contributed by atoms with van der Waals surface area (Å²) in [7, 11) is 0. The van der Waals surface area contributed by atoms with E-state index >= 15 is 0 Å². The SMILES string of the molecule is NC(=O)c1ncccc1CC(c1cccnc1)c1cccnc1. The first-order valence-corrected chi connectivity index (χ1v) is 7.29. The smallest absolute Gasteiger partial charge is 0.267 e. The lowest BCUT2D eigenvalue weighted by molar-refractivity contribution is 0.0994. The molecule has 3 aromatic heterocycles. The highest BCUT2D eigenvalue weighted by atomic mass is 16.1. The summed E-state index contributed by atoms with van der Waals surface area (Å²) >= 11 is 0. The standard InChI is InChI=1S/C18H16N4O/c19-18(23)17-13(4-3-9-22-17)10-16(14-5-1-7-20-11-14)15-6-2-8-21-12-15/h1-9,11-12,16H,10H2,(H2,19,23). The Labute approximate surface area is 134 Å². The second-order valence-electron chi connectivity index (χ2n) is 5.20. The van der Waals surface area contributed by atoms with Gasteiger partial charge in [-0.25, -0.2) is 0 Å². The van der Waals surface area contributed by atoms with Crippen molar-refractivity contribution in [1.82, 2.24) is 15.0 Å². The first kappa shape index (κ1) is 14.8. The van der Waals surface area contributed by atoms with Gasteiger partial charge < -0.3 is 5.73 Å². The van der Waals surface area contributed by atoms with Crippen molar-refractivity contribution in [1.29, 1.82) is 0 Å². The first-order chi connectivity index (χ1) is 11.3. The van der Waals surface area contributed by atoms with Crippen LogP contribution < -0.4 is 5.73 Å². The molecule has 0 aliphatic rings. The maximum Gasteiger partial charge on any atom is 0.267 e. The van der Waals surface area contributed by atoms with Gasteiger partial charge in [0.2, 0.25) is 0 Å². The molecule has 5 heteroatoms. The van der Waals surface area contributed by atoms with Crippen molar-refractivity contribution in [2.45, 2.75) is 12.3 Å². The summed E-state index contributed by atoms with van der Waals surface area (Å²) in [5.41, 5.74) is 8.68. The Morgan fingerprint density at radius 2 is 1.57 bits per heavy atom. The fourth-order valence-corrected chi connectivity index (χ4v) is 2.64. The molecular formula is C18H16N4O. The minimum atomic E-state index is -0.517. The molecule has 23 heavy (non-hydrogen) atoms. The highest BCUT2D eigenvalue weighted by Crippen LogP contribution is 2.28. The molecule has 3 heterocycles. The molecule has 0 atom stereocenters. The van der Waals surface area contributed by atoms with Gasteiger partial charge in [-0.2, -0.15) is 0 Å². The van der Waals surface area contributed by atoms with Crippen molar-refractivity contribution in [2.75, 3.05) is 0 Å². The molecule has 0 aromatic carbocycles. The fraction of sp³-hybridized carbons (Fsp3) is 0.111. The van der Waals surface area contributed by atoms with Gasteiger partial charge in [-0.15, -0.1) is 0 Å². The van der Waals surface area contributed by atoms with Crippen molar-refractivity contribution in [3.63, 3.8) is 0 Å². The van der Waals surface area contributed by atoms with Crippen molar-refractivity contribution in [3.05, 3.63) is 89.8 Å². The molecule has 0 saturated carbocycles. The Bertz CT molecular complexity index is 751. The molecule has 1 amide bonds. The summed E-state index contributed by atoms with van der Waals surface area (Å²) < 4.78 is 0. The van der Waals surface area contributed by atoms with Crippen LogP contribution in [0.25, 0.3) is 0 Å². The van der Waals surface area contributed by atoms with Crippen LogP contribution in [0.15, 0.2) is 67.4 Å². The zero-order chi connectivity index (χ0) is 16.1. The highest BCUT2D eigenvalue weighted by molar-refractivity contribution is 5.92. The average molecular weight is 304 g/mol. The van der Waals surface area contributed by atoms with E-state index in [9.17, 15) is 4.79 Å². The third kappa shape index (κ3) is 3.40. The molecule has 0 unspecified atom stereocenters. The molecule has 0 aliphatic carbocycles. The maximum absolute atomic E-state index is 11.6. The van der Waals surface area contributed by atoms with Crippen LogP contribution in [0.2, 0.25) is 0 Å². The van der Waals surface area contributed by atoms with Crippen LogP contribution in [0.1, 0.15) is 33.1 Å². The maximum atomic E-state index is 11.6. The minimum Gasteiger partial charge on any atom is -0.364 e. The molecule has 0 radical (unpaired) electrons. The van der Waals surface area contributed by atoms with Gasteiger partial charge in [0.25, 0.3) is 5.91 Å². The summed E-state index contributed by atoms with van der Waals surface area (Å²) in [4.78, 5) is 24.1. The molecule has 0 bridgehead atoms. The molecule has 3 aromatic rings. The number of hydrogen-bond donors (Lipinski definition) is 1. The number of nitrogens with zero attached hydrogens (tertiary/aromatic N) is 3. The number of carbonyl (C=O) groups is 1. The van der Waals surface area contributed by atoms with E-state index in [0.29, 0.717) is 12.1 Å². The topological polar surface area (TPSA) is 81.8 Å². The summed E-state index contributed by atoms with van der Waals surface area (Å²) in [6.45, 7) is 0. The van der Waals surface area contributed by atoms with Crippen molar-refractivity contribution >= 4 is 5.91 Å². The number of aromatic nitrogens is 3. The molecule has 3 rings (SSSR count). The van der Waals surface area contributed by atoms with E-state index in [1.165, 1.54) is 0 Å². The van der Waals surface area contributed by atoms with Gasteiger partial charge in [0.05, 0.1) is 0 Å². The number of pyridine rings is 3. The fourth-order valence-electron chi connectivity index (χ4n) is 2.64. The summed E-state index contributed by atoms with van der Waals surface area (Å²) in [6.07, 6.45) is 9.32. The molecular weight excluding hydrogens is 288 g/mol. The van der Waals surface area contributed by atoms with Crippen molar-refractivity contribution < 1.29 is 4.79 Å². The molecule has 0 fully saturated rings. The molecule has 5 nitrogen and oxygen atoms in total. The lowest BCUT2D eigenvalue weighted by atomic mass is 9.87. The highest BCUT2D eigenvalue weighted by Gasteiger charge is 2.19. The lowest BCUT2D eigenvalue weighted by Crippen LogP contribution is -2.17. The van der Waals surface area contributed by atoms with E-state index in [2.05, 4.69) is 15.0 Å². The van der Waals surface area contributed by atoms with Crippen molar-refractivity contribution in [2.24, 2.45) is 5.73 Å². The summed E-state index contributed by atoms with van der Waals surface area (Å²) in [5, 5.41) is 0. The van der Waals surface area contributed by atoms with Crippen LogP contribution in [0.4, 0.5) is 0 Å². The summed E-state index contributed by atoms with van der Waals surface area (Å²) in [5.74, 6) is -0.489. The number of primary amides is 1. The quantitative estimate of drug-likeness (QED) is 0.784. The Morgan fingerprint density at radius 3 is 2.09 bits per heavy atom. The number of amides is 1. The normalized spacial score (nSPS) is 10.7. The monoisotopic (exact) mass is 304 g/mol. The zero-order valence-electron chi connectivity index (χ0n) is 12.5. The van der Waals surface area contributed by atoms with Crippen LogP contribution in [0.3, 0.4) is 0 Å². The van der Waals surface area contributed by atoms with Crippen LogP contribution in [0.5, 0.6) is 0 Å². The van der Waals surface area contributed by atoms with Gasteiger partial charge >= 0.3 is 0 Å². The second kappa shape index (κ2) is 6.79. The van der Waals surface area contributed by atoms with Crippen LogP contribution in [-0.2, 0) is 6.42 Å². The van der Waals surface area contributed by atoms with Gasteiger partial charge in [0, 0.05) is 36.9 Å². The van der Waals surface area contributed by atoms with Gasteiger partial charge in [0.15, 0.2) is 0 Å². The van der Waals surface area contributed by atoms with Crippen LogP contribution >= 0.6 is 0 Å². The molecule has 0 aliphatic heterocycles. The molecule has 0 saturated heterocycles. The number of nitrogens with two attached hydrogens (primary N) is 1. The molecule has 2 N–H and O–H groups in total. The number of hydrogen-bond acceptors (Lipinski definition) is 4. The van der Waals surface area contributed by atoms with E-state index in [-0.39, 0.29) is 5.92 Å². The molecule has 114 valence electrons. The minimum absolute atomic E-state index is 0.0275. The van der Waals surface area contributed by atoms with E-state index in [0.717, 1.165) is 16.7 Å². The van der Waals surface area contributed by atoms with E-state index in [1.807, 2.05) is 48.8 Å². The van der Waals surface area contributed by atoms with Gasteiger partial charge in [-0.3, -0.25) is 19.7 Å². The predicted octanol–water partition coefficient (Wildman–Crippen LogP) is 2.35. The van der Waals surface area contributed by atoms with Gasteiger partial charge in [0.1, 0.15) is 5.69 Å². The third-order valence-corrected chi connectivity index (χ3v) is 3.72. The Balaban J connectivity index is 2.02. The number of rotatable bonds is 5.